The molecule has 0 aliphatic rings. The summed E-state index contributed by atoms with van der Waals surface area (Å²) in [5.74, 6) is -0.843. The normalized spacial score (nSPS) is 9.76. The number of benzene rings is 1. The van der Waals surface area contributed by atoms with Gasteiger partial charge < -0.3 is 4.74 Å². The fourth-order valence-electron chi connectivity index (χ4n) is 1.65. The van der Waals surface area contributed by atoms with Crippen LogP contribution >= 0.6 is 12.2 Å². The minimum atomic E-state index is -0.510. The first-order chi connectivity index (χ1) is 10.1. The third-order valence-electron chi connectivity index (χ3n) is 2.63. The van der Waals surface area contributed by atoms with E-state index in [2.05, 4.69) is 15.5 Å². The summed E-state index contributed by atoms with van der Waals surface area (Å²) in [5, 5.41) is 2.60. The smallest absolute Gasteiger partial charge is 0.356 e. The number of nitrogens with one attached hydrogen (secondary N) is 2. The van der Waals surface area contributed by atoms with E-state index in [-0.39, 0.29) is 16.7 Å². The molecule has 6 nitrogen and oxygen atoms in total. The third kappa shape index (κ3) is 3.67. The molecule has 2 N–H and O–H groups in total. The number of amides is 1. The lowest BCUT2D eigenvalue weighted by Gasteiger charge is -2.12. The number of ether oxygens (including phenoxy) is 1. The highest BCUT2D eigenvalue weighted by atomic mass is 32.1. The topological polar surface area (TPSA) is 72.4 Å². The minimum absolute atomic E-state index is 0.0743. The van der Waals surface area contributed by atoms with Crippen molar-refractivity contribution >= 4 is 29.2 Å². The van der Waals surface area contributed by atoms with E-state index in [0.29, 0.717) is 5.56 Å². The van der Waals surface area contributed by atoms with E-state index >= 15 is 0 Å². The van der Waals surface area contributed by atoms with Crippen molar-refractivity contribution in [2.24, 2.45) is 0 Å². The largest absolute Gasteiger partial charge is 0.464 e. The summed E-state index contributed by atoms with van der Waals surface area (Å²) in [5.41, 5.74) is 3.48. The first kappa shape index (κ1) is 14.7. The van der Waals surface area contributed by atoms with Gasteiger partial charge in [0.05, 0.1) is 7.11 Å². The fraction of sp³-hybridized carbons (Fsp3) is 0.0714. The van der Waals surface area contributed by atoms with Gasteiger partial charge in [-0.3, -0.25) is 20.2 Å². The van der Waals surface area contributed by atoms with E-state index in [9.17, 15) is 9.59 Å². The van der Waals surface area contributed by atoms with E-state index < -0.39 is 5.97 Å². The van der Waals surface area contributed by atoms with Crippen LogP contribution in [0.4, 0.5) is 0 Å². The van der Waals surface area contributed by atoms with Gasteiger partial charge in [-0.15, -0.1) is 0 Å². The minimum Gasteiger partial charge on any atom is -0.464 e. The Labute approximate surface area is 126 Å². The Balaban J connectivity index is 2.01. The van der Waals surface area contributed by atoms with Crippen molar-refractivity contribution in [1.82, 2.24) is 9.99 Å². The number of hydrogen-bond acceptors (Lipinski definition) is 4. The van der Waals surface area contributed by atoms with Crippen molar-refractivity contribution < 1.29 is 14.3 Å². The highest BCUT2D eigenvalue weighted by Gasteiger charge is 2.12. The predicted octanol–water partition coefficient (Wildman–Crippen LogP) is 1.53. The molecule has 0 spiro atoms. The van der Waals surface area contributed by atoms with E-state index in [1.807, 2.05) is 6.07 Å². The molecule has 1 amide bonds. The van der Waals surface area contributed by atoms with Crippen molar-refractivity contribution in [3.05, 3.63) is 59.9 Å². The Morgan fingerprint density at radius 1 is 1.14 bits per heavy atom. The third-order valence-corrected chi connectivity index (χ3v) is 2.82. The maximum absolute atomic E-state index is 11.9. The molecule has 0 unspecified atom stereocenters. The molecule has 7 heteroatoms. The Bertz CT molecular complexity index is 667. The summed E-state index contributed by atoms with van der Waals surface area (Å²) in [7, 11) is 1.29. The SMILES string of the molecule is COC(=O)c1cccn1NC(=S)NC(=O)c1ccccc1. The van der Waals surface area contributed by atoms with Gasteiger partial charge in [-0.25, -0.2) is 4.79 Å². The second kappa shape index (κ2) is 6.67. The average molecular weight is 303 g/mol. The van der Waals surface area contributed by atoms with Crippen LogP contribution in [0.3, 0.4) is 0 Å². The number of carbonyl (C=O) groups is 2. The number of esters is 1. The number of thiocarbonyl (C=S) groups is 1. The van der Waals surface area contributed by atoms with Crippen molar-refractivity contribution in [3.63, 3.8) is 0 Å². The quantitative estimate of drug-likeness (QED) is 0.664. The maximum Gasteiger partial charge on any atom is 0.356 e. The zero-order valence-corrected chi connectivity index (χ0v) is 12.0. The van der Waals surface area contributed by atoms with Gasteiger partial charge in [0.2, 0.25) is 0 Å². The van der Waals surface area contributed by atoms with Crippen LogP contribution in [0.2, 0.25) is 0 Å². The van der Waals surface area contributed by atoms with Crippen LogP contribution in [-0.4, -0.2) is 28.8 Å². The summed E-state index contributed by atoms with van der Waals surface area (Å²) in [6, 6.07) is 11.9. The zero-order valence-electron chi connectivity index (χ0n) is 11.2. The lowest BCUT2D eigenvalue weighted by Crippen LogP contribution is -2.38. The van der Waals surface area contributed by atoms with Gasteiger partial charge in [0.1, 0.15) is 5.69 Å². The highest BCUT2D eigenvalue weighted by Crippen LogP contribution is 2.02. The molecule has 0 radical (unpaired) electrons. The number of methoxy groups -OCH3 is 1. The van der Waals surface area contributed by atoms with Crippen molar-refractivity contribution in [2.75, 3.05) is 12.5 Å². The van der Waals surface area contributed by atoms with E-state index in [1.165, 1.54) is 11.8 Å². The van der Waals surface area contributed by atoms with Crippen molar-refractivity contribution in [3.8, 4) is 0 Å². The molecule has 21 heavy (non-hydrogen) atoms. The van der Waals surface area contributed by atoms with Gasteiger partial charge in [-0.05, 0) is 36.5 Å². The van der Waals surface area contributed by atoms with Crippen molar-refractivity contribution in [2.45, 2.75) is 0 Å². The molecule has 0 bridgehead atoms. The molecular formula is C14H13N3O3S. The van der Waals surface area contributed by atoms with Crippen LogP contribution in [0.15, 0.2) is 48.7 Å². The van der Waals surface area contributed by atoms with Gasteiger partial charge in [0, 0.05) is 11.8 Å². The number of carbonyl (C=O) groups excluding carboxylic acids is 2. The Morgan fingerprint density at radius 2 is 1.86 bits per heavy atom. The summed E-state index contributed by atoms with van der Waals surface area (Å²) in [6.07, 6.45) is 1.59. The van der Waals surface area contributed by atoms with Crippen LogP contribution in [0, 0.1) is 0 Å². The molecule has 1 aromatic carbocycles. The van der Waals surface area contributed by atoms with Crippen LogP contribution in [-0.2, 0) is 4.74 Å². The van der Waals surface area contributed by atoms with Crippen LogP contribution in [0.1, 0.15) is 20.8 Å². The Kier molecular flexibility index (Phi) is 4.68. The van der Waals surface area contributed by atoms with E-state index in [4.69, 9.17) is 12.2 Å². The molecule has 0 aliphatic carbocycles. The lowest BCUT2D eigenvalue weighted by atomic mass is 10.2. The first-order valence-corrected chi connectivity index (χ1v) is 6.45. The number of aromatic nitrogens is 1. The van der Waals surface area contributed by atoms with Crippen LogP contribution < -0.4 is 10.7 Å². The maximum atomic E-state index is 11.9. The molecule has 0 fully saturated rings. The molecule has 2 aromatic rings. The summed E-state index contributed by atoms with van der Waals surface area (Å²) in [6.45, 7) is 0. The highest BCUT2D eigenvalue weighted by molar-refractivity contribution is 7.80. The molecular weight excluding hydrogens is 290 g/mol. The first-order valence-electron chi connectivity index (χ1n) is 6.05. The van der Waals surface area contributed by atoms with Crippen molar-refractivity contribution in [1.29, 1.82) is 0 Å². The molecule has 1 heterocycles. The molecule has 0 saturated heterocycles. The average Bonchev–Trinajstić information content (AvgIpc) is 2.95. The Morgan fingerprint density at radius 3 is 2.52 bits per heavy atom. The molecule has 0 aliphatic heterocycles. The number of nitrogens with zero attached hydrogens (tertiary/aromatic N) is 1. The molecule has 0 saturated carbocycles. The standard InChI is InChI=1S/C14H13N3O3S/c1-20-13(19)11-8-5-9-17(11)16-14(21)15-12(18)10-6-3-2-4-7-10/h2-9H,1H3,(H2,15,16,18,21). The Hall–Kier alpha value is -2.67. The van der Waals surface area contributed by atoms with Gasteiger partial charge in [-0.2, -0.15) is 0 Å². The zero-order chi connectivity index (χ0) is 15.2. The summed E-state index contributed by atoms with van der Waals surface area (Å²) in [4.78, 5) is 23.4. The number of hydrogen-bond donors (Lipinski definition) is 2. The van der Waals surface area contributed by atoms with Gasteiger partial charge in [0.25, 0.3) is 5.91 Å². The van der Waals surface area contributed by atoms with E-state index in [0.717, 1.165) is 0 Å². The molecule has 108 valence electrons. The van der Waals surface area contributed by atoms with Gasteiger partial charge in [0.15, 0.2) is 5.11 Å². The van der Waals surface area contributed by atoms with Crippen LogP contribution in [0.25, 0.3) is 0 Å². The summed E-state index contributed by atoms with van der Waals surface area (Å²) >= 11 is 5.04. The molecule has 2 rings (SSSR count). The fourth-order valence-corrected chi connectivity index (χ4v) is 1.84. The second-order valence-electron chi connectivity index (χ2n) is 4.02. The van der Waals surface area contributed by atoms with Crippen LogP contribution in [0.5, 0.6) is 0 Å². The van der Waals surface area contributed by atoms with Gasteiger partial charge >= 0.3 is 5.97 Å². The number of rotatable bonds is 3. The second-order valence-corrected chi connectivity index (χ2v) is 4.42. The molecule has 1 aromatic heterocycles. The van der Waals surface area contributed by atoms with Gasteiger partial charge in [-0.1, -0.05) is 18.2 Å². The summed E-state index contributed by atoms with van der Waals surface area (Å²) < 4.78 is 6.01. The monoisotopic (exact) mass is 303 g/mol. The lowest BCUT2D eigenvalue weighted by molar-refractivity contribution is 0.0590. The van der Waals surface area contributed by atoms with E-state index in [1.54, 1.807) is 42.6 Å². The predicted molar refractivity (Wildman–Crippen MR) is 81.6 cm³/mol. The molecule has 0 atom stereocenters.